The number of aromatic nitrogens is 2. The van der Waals surface area contributed by atoms with E-state index < -0.39 is 11.9 Å². The van der Waals surface area contributed by atoms with Crippen LogP contribution in [-0.4, -0.2) is 47.6 Å². The second-order valence-electron chi connectivity index (χ2n) is 5.35. The van der Waals surface area contributed by atoms with Crippen LogP contribution < -0.4 is 4.90 Å². The number of anilines is 1. The number of nitrogens with zero attached hydrogens (tertiary/aromatic N) is 4. The van der Waals surface area contributed by atoms with Gasteiger partial charge in [0, 0.05) is 31.6 Å². The van der Waals surface area contributed by atoms with E-state index in [0.29, 0.717) is 5.39 Å². The van der Waals surface area contributed by atoms with Crippen molar-refractivity contribution >= 4 is 16.7 Å². The van der Waals surface area contributed by atoms with E-state index >= 15 is 0 Å². The Labute approximate surface area is 126 Å². The lowest BCUT2D eigenvalue weighted by Crippen LogP contribution is -2.46. The van der Waals surface area contributed by atoms with Crippen molar-refractivity contribution in [2.24, 2.45) is 0 Å². The van der Waals surface area contributed by atoms with Gasteiger partial charge in [-0.2, -0.15) is 13.2 Å². The van der Waals surface area contributed by atoms with Crippen molar-refractivity contribution in [1.29, 1.82) is 0 Å². The second-order valence-corrected chi connectivity index (χ2v) is 5.35. The Hall–Kier alpha value is -1.89. The summed E-state index contributed by atoms with van der Waals surface area (Å²) < 4.78 is 38.0. The van der Waals surface area contributed by atoms with Crippen molar-refractivity contribution in [1.82, 2.24) is 14.9 Å². The number of piperazine rings is 1. The molecule has 3 heterocycles. The maximum atomic E-state index is 12.7. The number of likely N-dealkylation sites (N-methyl/N-ethyl adjacent to an activating group) is 1. The molecule has 118 valence electrons. The quantitative estimate of drug-likeness (QED) is 0.854. The van der Waals surface area contributed by atoms with Crippen LogP contribution in [0.4, 0.5) is 19.0 Å². The summed E-state index contributed by atoms with van der Waals surface area (Å²) in [5, 5.41) is 0.677. The highest BCUT2D eigenvalue weighted by molar-refractivity contribution is 5.80. The first-order chi connectivity index (χ1) is 10.5. The van der Waals surface area contributed by atoms with E-state index in [1.54, 1.807) is 0 Å². The van der Waals surface area contributed by atoms with Crippen LogP contribution in [0.25, 0.3) is 10.9 Å². The van der Waals surface area contributed by atoms with E-state index in [0.717, 1.165) is 44.6 Å². The van der Waals surface area contributed by atoms with Gasteiger partial charge < -0.3 is 9.80 Å². The second kappa shape index (κ2) is 5.72. The van der Waals surface area contributed by atoms with Crippen molar-refractivity contribution in [3.63, 3.8) is 0 Å². The Bertz CT molecular complexity index is 663. The van der Waals surface area contributed by atoms with Crippen molar-refractivity contribution in [2.75, 3.05) is 37.6 Å². The van der Waals surface area contributed by atoms with Crippen molar-refractivity contribution < 1.29 is 13.2 Å². The van der Waals surface area contributed by atoms with E-state index in [1.807, 2.05) is 6.07 Å². The lowest BCUT2D eigenvalue weighted by molar-refractivity contribution is -0.140. The Kier molecular flexibility index (Phi) is 3.90. The molecule has 0 aromatic carbocycles. The minimum Gasteiger partial charge on any atom is -0.354 e. The summed E-state index contributed by atoms with van der Waals surface area (Å²) in [4.78, 5) is 12.4. The number of alkyl halides is 3. The summed E-state index contributed by atoms with van der Waals surface area (Å²) in [6.45, 7) is 6.86. The highest BCUT2D eigenvalue weighted by Gasteiger charge is 2.32. The average Bonchev–Trinajstić information content (AvgIpc) is 2.53. The summed E-state index contributed by atoms with van der Waals surface area (Å²) in [6, 6.07) is 4.28. The Morgan fingerprint density at radius 1 is 1.14 bits per heavy atom. The van der Waals surface area contributed by atoms with Gasteiger partial charge in [0.15, 0.2) is 0 Å². The van der Waals surface area contributed by atoms with Crippen LogP contribution >= 0.6 is 0 Å². The minimum atomic E-state index is -4.43. The highest BCUT2D eigenvalue weighted by atomic mass is 19.4. The summed E-state index contributed by atoms with van der Waals surface area (Å²) in [5.74, 6) is 0.796. The van der Waals surface area contributed by atoms with Crippen LogP contribution in [0.5, 0.6) is 0 Å². The molecule has 0 aliphatic carbocycles. The Morgan fingerprint density at radius 3 is 2.50 bits per heavy atom. The van der Waals surface area contributed by atoms with Gasteiger partial charge in [0.05, 0.1) is 11.7 Å². The lowest BCUT2D eigenvalue weighted by atomic mass is 10.2. The van der Waals surface area contributed by atoms with Gasteiger partial charge in [0.2, 0.25) is 0 Å². The fraction of sp³-hybridized carbons (Fsp3) is 0.467. The monoisotopic (exact) mass is 310 g/mol. The third kappa shape index (κ3) is 2.99. The summed E-state index contributed by atoms with van der Waals surface area (Å²) in [7, 11) is 0. The van der Waals surface area contributed by atoms with Gasteiger partial charge in [-0.05, 0) is 18.7 Å². The van der Waals surface area contributed by atoms with E-state index in [2.05, 4.69) is 26.7 Å². The zero-order valence-corrected chi connectivity index (χ0v) is 12.3. The minimum absolute atomic E-state index is 0.269. The van der Waals surface area contributed by atoms with Crippen LogP contribution in [0.3, 0.4) is 0 Å². The van der Waals surface area contributed by atoms with E-state index in [4.69, 9.17) is 0 Å². The number of rotatable bonds is 2. The predicted octanol–water partition coefficient (Wildman–Crippen LogP) is 2.79. The molecule has 0 N–H and O–H groups in total. The SMILES string of the molecule is CCN1CCN(c2cc3ccc(C(F)(F)F)nc3cn2)CC1. The van der Waals surface area contributed by atoms with Gasteiger partial charge in [-0.3, -0.25) is 0 Å². The first kappa shape index (κ1) is 15.0. The van der Waals surface area contributed by atoms with Crippen LogP contribution in [0, 0.1) is 0 Å². The van der Waals surface area contributed by atoms with Gasteiger partial charge in [-0.25, -0.2) is 9.97 Å². The number of fused-ring (bicyclic) bond motifs is 1. The fourth-order valence-electron chi connectivity index (χ4n) is 2.64. The molecule has 0 saturated carbocycles. The molecule has 7 heteroatoms. The van der Waals surface area contributed by atoms with Crippen molar-refractivity contribution in [2.45, 2.75) is 13.1 Å². The molecule has 0 bridgehead atoms. The molecule has 1 aliphatic heterocycles. The van der Waals surface area contributed by atoms with Crippen LogP contribution in [0.2, 0.25) is 0 Å². The van der Waals surface area contributed by atoms with Crippen LogP contribution in [-0.2, 0) is 6.18 Å². The van der Waals surface area contributed by atoms with E-state index in [1.165, 1.54) is 12.3 Å². The standard InChI is InChI=1S/C15H17F3N4/c1-2-21-5-7-22(8-6-21)14-9-11-3-4-13(15(16,17)18)20-12(11)10-19-14/h3-4,9-10H,2,5-8H2,1H3. The summed E-state index contributed by atoms with van der Waals surface area (Å²) >= 11 is 0. The smallest absolute Gasteiger partial charge is 0.354 e. The fourth-order valence-corrected chi connectivity index (χ4v) is 2.64. The molecule has 3 rings (SSSR count). The summed E-state index contributed by atoms with van der Waals surface area (Å²) in [5.41, 5.74) is -0.614. The molecule has 0 atom stereocenters. The molecule has 4 nitrogen and oxygen atoms in total. The zero-order chi connectivity index (χ0) is 15.7. The largest absolute Gasteiger partial charge is 0.433 e. The van der Waals surface area contributed by atoms with Crippen LogP contribution in [0.15, 0.2) is 24.4 Å². The molecular weight excluding hydrogens is 293 g/mol. The highest BCUT2D eigenvalue weighted by Crippen LogP contribution is 2.29. The predicted molar refractivity (Wildman–Crippen MR) is 78.9 cm³/mol. The number of pyridine rings is 2. The Morgan fingerprint density at radius 2 is 1.86 bits per heavy atom. The number of hydrogen-bond donors (Lipinski definition) is 0. The molecule has 22 heavy (non-hydrogen) atoms. The van der Waals surface area contributed by atoms with Crippen molar-refractivity contribution in [3.8, 4) is 0 Å². The summed E-state index contributed by atoms with van der Waals surface area (Å²) in [6.07, 6.45) is -3.00. The topological polar surface area (TPSA) is 32.3 Å². The molecule has 0 amide bonds. The average molecular weight is 310 g/mol. The Balaban J connectivity index is 1.85. The molecule has 0 unspecified atom stereocenters. The molecule has 1 fully saturated rings. The van der Waals surface area contributed by atoms with Crippen LogP contribution in [0.1, 0.15) is 12.6 Å². The normalized spacial score (nSPS) is 17.2. The van der Waals surface area contributed by atoms with E-state index in [9.17, 15) is 13.2 Å². The van der Waals surface area contributed by atoms with Gasteiger partial charge >= 0.3 is 6.18 Å². The third-order valence-corrected chi connectivity index (χ3v) is 4.00. The molecular formula is C15H17F3N4. The van der Waals surface area contributed by atoms with Gasteiger partial charge in [-0.15, -0.1) is 0 Å². The maximum Gasteiger partial charge on any atom is 0.433 e. The molecule has 1 saturated heterocycles. The molecule has 1 aliphatic rings. The van der Waals surface area contributed by atoms with Crippen molar-refractivity contribution in [3.05, 3.63) is 30.1 Å². The first-order valence-electron chi connectivity index (χ1n) is 7.28. The lowest BCUT2D eigenvalue weighted by Gasteiger charge is -2.34. The zero-order valence-electron chi connectivity index (χ0n) is 12.3. The van der Waals surface area contributed by atoms with Gasteiger partial charge in [0.25, 0.3) is 0 Å². The molecule has 0 spiro atoms. The van der Waals surface area contributed by atoms with Gasteiger partial charge in [0.1, 0.15) is 11.5 Å². The van der Waals surface area contributed by atoms with Gasteiger partial charge in [-0.1, -0.05) is 13.0 Å². The maximum absolute atomic E-state index is 12.7. The first-order valence-corrected chi connectivity index (χ1v) is 7.28. The molecule has 2 aromatic heterocycles. The van der Waals surface area contributed by atoms with E-state index in [-0.39, 0.29) is 5.52 Å². The number of hydrogen-bond acceptors (Lipinski definition) is 4. The number of halogens is 3. The third-order valence-electron chi connectivity index (χ3n) is 4.00. The molecule has 0 radical (unpaired) electrons. The molecule has 2 aromatic rings.